The normalized spacial score (nSPS) is 15.9. The van der Waals surface area contributed by atoms with E-state index in [0.717, 1.165) is 12.1 Å². The molecule has 1 saturated heterocycles. The molecule has 0 spiro atoms. The fourth-order valence-corrected chi connectivity index (χ4v) is 3.54. The minimum absolute atomic E-state index is 0.175. The number of amides is 1. The molecule has 0 aromatic heterocycles. The zero-order valence-corrected chi connectivity index (χ0v) is 16.0. The third-order valence-corrected chi connectivity index (χ3v) is 5.10. The van der Waals surface area contributed by atoms with Gasteiger partial charge in [-0.3, -0.25) is 9.69 Å². The summed E-state index contributed by atoms with van der Waals surface area (Å²) in [6.07, 6.45) is 0. The highest BCUT2D eigenvalue weighted by Crippen LogP contribution is 2.29. The number of carbonyl (C=O) groups excluding carboxylic acids is 2. The number of esters is 1. The summed E-state index contributed by atoms with van der Waals surface area (Å²) in [5.41, 5.74) is 0.450. The van der Waals surface area contributed by atoms with Crippen molar-refractivity contribution < 1.29 is 23.1 Å². The molecule has 28 heavy (non-hydrogen) atoms. The average molecular weight is 409 g/mol. The van der Waals surface area contributed by atoms with Gasteiger partial charge in [-0.25, -0.2) is 13.6 Å². The number of nitrogens with zero attached hydrogens (tertiary/aromatic N) is 2. The van der Waals surface area contributed by atoms with Gasteiger partial charge in [-0.15, -0.1) is 0 Å². The van der Waals surface area contributed by atoms with Crippen molar-refractivity contribution >= 4 is 23.5 Å². The Morgan fingerprint density at radius 3 is 2.36 bits per heavy atom. The van der Waals surface area contributed by atoms with Gasteiger partial charge < -0.3 is 9.64 Å². The smallest absolute Gasteiger partial charge is 0.327 e. The molecule has 0 bridgehead atoms. The van der Waals surface area contributed by atoms with Gasteiger partial charge >= 0.3 is 5.97 Å². The first-order chi connectivity index (χ1) is 13.4. The van der Waals surface area contributed by atoms with Crippen molar-refractivity contribution in [3.05, 3.63) is 70.2 Å². The second kappa shape index (κ2) is 8.67. The van der Waals surface area contributed by atoms with Crippen molar-refractivity contribution in [2.75, 3.05) is 33.3 Å². The van der Waals surface area contributed by atoms with Crippen molar-refractivity contribution in [3.8, 4) is 0 Å². The lowest BCUT2D eigenvalue weighted by Gasteiger charge is -2.38. The summed E-state index contributed by atoms with van der Waals surface area (Å²) in [6.45, 7) is 1.32. The van der Waals surface area contributed by atoms with E-state index in [1.54, 1.807) is 24.3 Å². The van der Waals surface area contributed by atoms with Gasteiger partial charge in [-0.1, -0.05) is 29.8 Å². The van der Waals surface area contributed by atoms with E-state index in [0.29, 0.717) is 29.7 Å². The molecule has 1 heterocycles. The number of benzene rings is 2. The summed E-state index contributed by atoms with van der Waals surface area (Å²) in [5.74, 6) is -2.59. The molecule has 0 radical (unpaired) electrons. The number of ether oxygens (including phenoxy) is 1. The van der Waals surface area contributed by atoms with Crippen molar-refractivity contribution in [2.24, 2.45) is 0 Å². The zero-order valence-electron chi connectivity index (χ0n) is 15.2. The Balaban J connectivity index is 1.75. The maximum absolute atomic E-state index is 13.9. The number of halogens is 3. The molecule has 8 heteroatoms. The Labute approximate surface area is 166 Å². The van der Waals surface area contributed by atoms with Crippen molar-refractivity contribution in [2.45, 2.75) is 6.04 Å². The van der Waals surface area contributed by atoms with Crippen LogP contribution in [0.3, 0.4) is 0 Å². The predicted octanol–water partition coefficient (Wildman–Crippen LogP) is 3.29. The van der Waals surface area contributed by atoms with E-state index in [4.69, 9.17) is 16.3 Å². The first-order valence-electron chi connectivity index (χ1n) is 8.73. The van der Waals surface area contributed by atoms with Crippen LogP contribution in [0, 0.1) is 11.6 Å². The number of piperazine rings is 1. The Morgan fingerprint density at radius 1 is 1.07 bits per heavy atom. The molecule has 1 unspecified atom stereocenters. The van der Waals surface area contributed by atoms with Crippen LogP contribution in [-0.2, 0) is 9.53 Å². The maximum Gasteiger partial charge on any atom is 0.327 e. The lowest BCUT2D eigenvalue weighted by atomic mass is 10.0. The molecular formula is C20H19ClF2N2O3. The van der Waals surface area contributed by atoms with E-state index in [1.165, 1.54) is 12.0 Å². The van der Waals surface area contributed by atoms with Gasteiger partial charge in [0.1, 0.15) is 17.7 Å². The number of methoxy groups -OCH3 is 1. The second-order valence-electron chi connectivity index (χ2n) is 6.40. The van der Waals surface area contributed by atoms with Crippen LogP contribution < -0.4 is 0 Å². The molecule has 1 fully saturated rings. The first kappa shape index (κ1) is 20.2. The third kappa shape index (κ3) is 4.15. The monoisotopic (exact) mass is 408 g/mol. The van der Waals surface area contributed by atoms with Gasteiger partial charge in [-0.2, -0.15) is 0 Å². The van der Waals surface area contributed by atoms with Gasteiger partial charge in [0.2, 0.25) is 0 Å². The molecule has 1 amide bonds. The largest absolute Gasteiger partial charge is 0.468 e. The average Bonchev–Trinajstić information content (AvgIpc) is 2.69. The van der Waals surface area contributed by atoms with E-state index < -0.39 is 29.6 Å². The zero-order chi connectivity index (χ0) is 20.3. The van der Waals surface area contributed by atoms with Gasteiger partial charge in [0.05, 0.1) is 12.7 Å². The summed E-state index contributed by atoms with van der Waals surface area (Å²) in [7, 11) is 1.31. The summed E-state index contributed by atoms with van der Waals surface area (Å²) < 4.78 is 31.9. The van der Waals surface area contributed by atoms with Crippen LogP contribution >= 0.6 is 11.6 Å². The van der Waals surface area contributed by atoms with Crippen LogP contribution in [0.5, 0.6) is 0 Å². The lowest BCUT2D eigenvalue weighted by molar-refractivity contribution is -0.148. The summed E-state index contributed by atoms with van der Waals surface area (Å²) in [4.78, 5) is 28.3. The van der Waals surface area contributed by atoms with E-state index in [9.17, 15) is 18.4 Å². The van der Waals surface area contributed by atoms with Crippen LogP contribution in [-0.4, -0.2) is 55.0 Å². The Hall–Kier alpha value is -2.51. The topological polar surface area (TPSA) is 49.9 Å². The molecule has 148 valence electrons. The van der Waals surface area contributed by atoms with Crippen LogP contribution in [0.15, 0.2) is 42.5 Å². The van der Waals surface area contributed by atoms with E-state index in [1.807, 2.05) is 4.90 Å². The maximum atomic E-state index is 13.9. The van der Waals surface area contributed by atoms with Gasteiger partial charge in [0.25, 0.3) is 5.91 Å². The molecule has 0 N–H and O–H groups in total. The number of hydrogen-bond acceptors (Lipinski definition) is 4. The number of rotatable bonds is 4. The highest BCUT2D eigenvalue weighted by Gasteiger charge is 2.34. The second-order valence-corrected chi connectivity index (χ2v) is 6.81. The van der Waals surface area contributed by atoms with Crippen molar-refractivity contribution in [1.82, 2.24) is 9.80 Å². The van der Waals surface area contributed by atoms with Crippen LogP contribution in [0.4, 0.5) is 8.78 Å². The standard InChI is InChI=1S/C20H19ClF2N2O3/c1-28-20(27)18(14-4-2-3-5-16(14)21)24-8-10-25(11-9-24)19(26)15-7-6-13(22)12-17(15)23/h2-7,12,18H,8-11H2,1H3. The molecule has 5 nitrogen and oxygen atoms in total. The van der Waals surface area contributed by atoms with Crippen LogP contribution in [0.1, 0.15) is 22.0 Å². The molecule has 1 aliphatic heterocycles. The number of hydrogen-bond donors (Lipinski definition) is 0. The van der Waals surface area contributed by atoms with Crippen molar-refractivity contribution in [1.29, 1.82) is 0 Å². The van der Waals surface area contributed by atoms with Gasteiger partial charge in [-0.05, 0) is 23.8 Å². The SMILES string of the molecule is COC(=O)C(c1ccccc1Cl)N1CCN(C(=O)c2ccc(F)cc2F)CC1. The molecule has 1 aliphatic rings. The van der Waals surface area contributed by atoms with Crippen LogP contribution in [0.2, 0.25) is 5.02 Å². The van der Waals surface area contributed by atoms with Crippen molar-refractivity contribution in [3.63, 3.8) is 0 Å². The minimum Gasteiger partial charge on any atom is -0.468 e. The molecule has 0 saturated carbocycles. The number of carbonyl (C=O) groups is 2. The predicted molar refractivity (Wildman–Crippen MR) is 100 cm³/mol. The molecule has 3 rings (SSSR count). The summed E-state index contributed by atoms with van der Waals surface area (Å²) >= 11 is 6.26. The summed E-state index contributed by atoms with van der Waals surface area (Å²) in [5, 5.41) is 0.449. The molecular weight excluding hydrogens is 390 g/mol. The third-order valence-electron chi connectivity index (χ3n) is 4.75. The quantitative estimate of drug-likeness (QED) is 0.728. The summed E-state index contributed by atoms with van der Waals surface area (Å²) in [6, 6.07) is 9.20. The fourth-order valence-electron chi connectivity index (χ4n) is 3.30. The van der Waals surface area contributed by atoms with E-state index in [-0.39, 0.29) is 18.7 Å². The van der Waals surface area contributed by atoms with E-state index >= 15 is 0 Å². The Kier molecular flexibility index (Phi) is 6.26. The van der Waals surface area contributed by atoms with Crippen LogP contribution in [0.25, 0.3) is 0 Å². The molecule has 2 aromatic carbocycles. The molecule has 2 aromatic rings. The van der Waals surface area contributed by atoms with E-state index in [2.05, 4.69) is 0 Å². The Morgan fingerprint density at radius 2 is 1.75 bits per heavy atom. The molecule has 0 aliphatic carbocycles. The highest BCUT2D eigenvalue weighted by molar-refractivity contribution is 6.31. The highest BCUT2D eigenvalue weighted by atomic mass is 35.5. The first-order valence-corrected chi connectivity index (χ1v) is 9.10. The fraction of sp³-hybridized carbons (Fsp3) is 0.300. The minimum atomic E-state index is -0.893. The van der Waals surface area contributed by atoms with Gasteiger partial charge in [0.15, 0.2) is 0 Å². The Bertz CT molecular complexity index is 886. The molecule has 1 atom stereocenters. The van der Waals surface area contributed by atoms with Gasteiger partial charge in [0, 0.05) is 37.3 Å². The lowest BCUT2D eigenvalue weighted by Crippen LogP contribution is -2.51.